The molecule has 162 valence electrons. The quantitative estimate of drug-likeness (QED) is 0.564. The minimum Gasteiger partial charge on any atom is -0.497 e. The van der Waals surface area contributed by atoms with Crippen LogP contribution in [0, 0.1) is 0 Å². The molecule has 1 aliphatic rings. The number of rotatable bonds is 6. The summed E-state index contributed by atoms with van der Waals surface area (Å²) < 4.78 is 7.18. The van der Waals surface area contributed by atoms with Crippen LogP contribution in [0.15, 0.2) is 60.9 Å². The molecule has 0 unspecified atom stereocenters. The van der Waals surface area contributed by atoms with Crippen LogP contribution < -0.4 is 10.1 Å². The third-order valence-corrected chi connectivity index (χ3v) is 6.10. The predicted molar refractivity (Wildman–Crippen MR) is 129 cm³/mol. The van der Waals surface area contributed by atoms with Crippen LogP contribution in [0.3, 0.4) is 0 Å². The third-order valence-electron chi connectivity index (χ3n) is 5.37. The topological polar surface area (TPSA) is 45.6 Å². The second-order valence-corrected chi connectivity index (χ2v) is 8.36. The first-order chi connectivity index (χ1) is 15.1. The van der Waals surface area contributed by atoms with Crippen LogP contribution in [0.2, 0.25) is 5.02 Å². The van der Waals surface area contributed by atoms with E-state index in [1.807, 2.05) is 47.3 Å². The van der Waals surface area contributed by atoms with Crippen molar-refractivity contribution in [2.24, 2.45) is 0 Å². The first kappa shape index (κ1) is 21.6. The van der Waals surface area contributed by atoms with E-state index in [4.69, 9.17) is 28.6 Å². The monoisotopic (exact) mass is 455 g/mol. The number of halogens is 1. The lowest BCUT2D eigenvalue weighted by molar-refractivity contribution is 0.177. The Kier molecular flexibility index (Phi) is 7.06. The molecule has 0 spiro atoms. The highest BCUT2D eigenvalue weighted by Crippen LogP contribution is 2.18. The minimum atomic E-state index is 0.622. The van der Waals surface area contributed by atoms with E-state index in [9.17, 15) is 0 Å². The van der Waals surface area contributed by atoms with Gasteiger partial charge in [0.1, 0.15) is 5.75 Å². The third kappa shape index (κ3) is 5.76. The number of hydrogen-bond acceptors (Lipinski definition) is 4. The lowest BCUT2D eigenvalue weighted by Gasteiger charge is -2.36. The number of piperazine rings is 1. The zero-order chi connectivity index (χ0) is 21.6. The molecular formula is C23H26ClN5OS. The van der Waals surface area contributed by atoms with Crippen molar-refractivity contribution in [3.05, 3.63) is 77.1 Å². The van der Waals surface area contributed by atoms with Crippen LogP contribution >= 0.6 is 23.8 Å². The molecule has 31 heavy (non-hydrogen) atoms. The Labute approximate surface area is 193 Å². The molecule has 0 radical (unpaired) electrons. The van der Waals surface area contributed by atoms with Gasteiger partial charge in [-0.1, -0.05) is 41.9 Å². The molecule has 1 N–H and O–H groups in total. The number of aromatic nitrogens is 2. The van der Waals surface area contributed by atoms with E-state index < -0.39 is 0 Å². The zero-order valence-corrected chi connectivity index (χ0v) is 19.1. The molecule has 0 saturated carbocycles. The molecule has 1 fully saturated rings. The van der Waals surface area contributed by atoms with Gasteiger partial charge in [-0.3, -0.25) is 9.58 Å². The van der Waals surface area contributed by atoms with Gasteiger partial charge in [-0.05, 0) is 41.5 Å². The van der Waals surface area contributed by atoms with Crippen LogP contribution in [0.5, 0.6) is 5.75 Å². The summed E-state index contributed by atoms with van der Waals surface area (Å²) in [5.74, 6) is 0.900. The normalized spacial score (nSPS) is 14.5. The fourth-order valence-electron chi connectivity index (χ4n) is 3.66. The van der Waals surface area contributed by atoms with Crippen molar-refractivity contribution in [3.8, 4) is 5.75 Å². The number of nitrogens with one attached hydrogen (secondary N) is 1. The molecule has 1 aromatic heterocycles. The Bertz CT molecular complexity index is 1030. The average Bonchev–Trinajstić information content (AvgIpc) is 3.22. The molecule has 8 heteroatoms. The van der Waals surface area contributed by atoms with Gasteiger partial charge in [0.05, 0.1) is 25.5 Å². The first-order valence-corrected chi connectivity index (χ1v) is 11.1. The summed E-state index contributed by atoms with van der Waals surface area (Å²) in [5.41, 5.74) is 3.18. The van der Waals surface area contributed by atoms with E-state index in [0.717, 1.165) is 59.9 Å². The average molecular weight is 456 g/mol. The number of nitrogens with zero attached hydrogens (tertiary/aromatic N) is 4. The van der Waals surface area contributed by atoms with E-state index in [1.54, 1.807) is 13.3 Å². The molecule has 0 bridgehead atoms. The van der Waals surface area contributed by atoms with Gasteiger partial charge >= 0.3 is 0 Å². The molecule has 2 aromatic carbocycles. The van der Waals surface area contributed by atoms with Crippen LogP contribution in [0.4, 0.5) is 5.69 Å². The van der Waals surface area contributed by atoms with Crippen molar-refractivity contribution in [2.45, 2.75) is 13.1 Å². The van der Waals surface area contributed by atoms with E-state index in [-0.39, 0.29) is 0 Å². The molecule has 1 aliphatic heterocycles. The highest BCUT2D eigenvalue weighted by Gasteiger charge is 2.19. The molecule has 6 nitrogen and oxygen atoms in total. The summed E-state index contributed by atoms with van der Waals surface area (Å²) in [5, 5.41) is 9.22. The Balaban J connectivity index is 1.26. The van der Waals surface area contributed by atoms with Crippen molar-refractivity contribution < 1.29 is 4.74 Å². The first-order valence-electron chi connectivity index (χ1n) is 10.3. The molecule has 1 saturated heterocycles. The molecule has 3 aromatic rings. The van der Waals surface area contributed by atoms with Gasteiger partial charge < -0.3 is 15.0 Å². The molecule has 0 aliphatic carbocycles. The second kappa shape index (κ2) is 10.1. The number of hydrogen-bond donors (Lipinski definition) is 1. The summed E-state index contributed by atoms with van der Waals surface area (Å²) in [7, 11) is 1.70. The fraction of sp³-hybridized carbons (Fsp3) is 0.304. The SMILES string of the molecule is COc1cccc(CN2CCN(C(=S)Nc3cnn(Cc4ccccc4Cl)c3)CC2)c1. The van der Waals surface area contributed by atoms with Gasteiger partial charge in [-0.25, -0.2) is 0 Å². The van der Waals surface area contributed by atoms with Crippen molar-refractivity contribution in [2.75, 3.05) is 38.6 Å². The van der Waals surface area contributed by atoms with Crippen molar-refractivity contribution in [3.63, 3.8) is 0 Å². The second-order valence-electron chi connectivity index (χ2n) is 7.56. The molecule has 4 rings (SSSR count). The van der Waals surface area contributed by atoms with Crippen molar-refractivity contribution in [1.82, 2.24) is 19.6 Å². The highest BCUT2D eigenvalue weighted by atomic mass is 35.5. The van der Waals surface area contributed by atoms with Crippen LogP contribution in [0.25, 0.3) is 0 Å². The summed E-state index contributed by atoms with van der Waals surface area (Å²) in [4.78, 5) is 4.65. The summed E-state index contributed by atoms with van der Waals surface area (Å²) in [6.45, 7) is 5.25. The van der Waals surface area contributed by atoms with Gasteiger partial charge in [-0.15, -0.1) is 0 Å². The number of ether oxygens (including phenoxy) is 1. The van der Waals surface area contributed by atoms with Gasteiger partial charge in [0.2, 0.25) is 0 Å². The van der Waals surface area contributed by atoms with Gasteiger partial charge in [0.15, 0.2) is 5.11 Å². The Hall–Kier alpha value is -2.61. The summed E-state index contributed by atoms with van der Waals surface area (Å²) in [6, 6.07) is 16.1. The van der Waals surface area contributed by atoms with E-state index in [1.165, 1.54) is 5.56 Å². The molecule has 0 amide bonds. The summed E-state index contributed by atoms with van der Waals surface area (Å²) in [6.07, 6.45) is 3.75. The molecule has 0 atom stereocenters. The van der Waals surface area contributed by atoms with E-state index in [2.05, 4.69) is 32.3 Å². The number of anilines is 1. The van der Waals surface area contributed by atoms with Crippen LogP contribution in [-0.2, 0) is 13.1 Å². The fourth-order valence-corrected chi connectivity index (χ4v) is 4.15. The van der Waals surface area contributed by atoms with E-state index in [0.29, 0.717) is 6.54 Å². The lowest BCUT2D eigenvalue weighted by atomic mass is 10.2. The zero-order valence-electron chi connectivity index (χ0n) is 17.5. The molecular weight excluding hydrogens is 430 g/mol. The van der Waals surface area contributed by atoms with Crippen LogP contribution in [-0.4, -0.2) is 58.0 Å². The number of methoxy groups -OCH3 is 1. The Morgan fingerprint density at radius 3 is 2.68 bits per heavy atom. The van der Waals surface area contributed by atoms with Gasteiger partial charge in [0, 0.05) is 43.9 Å². The van der Waals surface area contributed by atoms with Crippen LogP contribution in [0.1, 0.15) is 11.1 Å². The maximum Gasteiger partial charge on any atom is 0.173 e. The van der Waals surface area contributed by atoms with E-state index >= 15 is 0 Å². The van der Waals surface area contributed by atoms with Gasteiger partial charge in [-0.2, -0.15) is 5.10 Å². The highest BCUT2D eigenvalue weighted by molar-refractivity contribution is 7.80. The maximum absolute atomic E-state index is 6.25. The standard InChI is InChI=1S/C23H26ClN5OS/c1-30-21-7-4-5-18(13-21)15-27-9-11-28(12-10-27)23(31)26-20-14-25-29(17-20)16-19-6-2-3-8-22(19)24/h2-8,13-14,17H,9-12,15-16H2,1H3,(H,26,31). The Morgan fingerprint density at radius 1 is 1.10 bits per heavy atom. The Morgan fingerprint density at radius 2 is 1.90 bits per heavy atom. The van der Waals surface area contributed by atoms with Crippen molar-refractivity contribution >= 4 is 34.6 Å². The maximum atomic E-state index is 6.25. The number of thiocarbonyl (C=S) groups is 1. The smallest absolute Gasteiger partial charge is 0.173 e. The lowest BCUT2D eigenvalue weighted by Crippen LogP contribution is -2.49. The summed E-state index contributed by atoms with van der Waals surface area (Å²) >= 11 is 11.9. The largest absolute Gasteiger partial charge is 0.497 e. The van der Waals surface area contributed by atoms with Crippen molar-refractivity contribution in [1.29, 1.82) is 0 Å². The molecule has 2 heterocycles. The number of benzene rings is 2. The minimum absolute atomic E-state index is 0.622. The predicted octanol–water partition coefficient (Wildman–Crippen LogP) is 4.11. The van der Waals surface area contributed by atoms with Gasteiger partial charge in [0.25, 0.3) is 0 Å².